The monoisotopic (exact) mass is 291 g/mol. The summed E-state index contributed by atoms with van der Waals surface area (Å²) in [4.78, 5) is 32.5. The third-order valence-electron chi connectivity index (χ3n) is 2.64. The van der Waals surface area contributed by atoms with Gasteiger partial charge in [-0.15, -0.1) is 11.3 Å². The average molecular weight is 291 g/mol. The first-order valence-corrected chi connectivity index (χ1v) is 6.71. The van der Waals surface area contributed by atoms with Crippen LogP contribution in [0.15, 0.2) is 23.7 Å². The fourth-order valence-electron chi connectivity index (χ4n) is 1.70. The zero-order chi connectivity index (χ0) is 14.7. The average Bonchev–Trinajstić information content (AvgIpc) is 2.83. The molecule has 1 amide bonds. The Morgan fingerprint density at radius 2 is 2.20 bits per heavy atom. The number of aromatic nitrogens is 2. The van der Waals surface area contributed by atoms with Gasteiger partial charge in [-0.05, 0) is 19.1 Å². The van der Waals surface area contributed by atoms with Crippen LogP contribution in [0.3, 0.4) is 0 Å². The molecule has 0 unspecified atom stereocenters. The van der Waals surface area contributed by atoms with Crippen molar-refractivity contribution < 1.29 is 14.7 Å². The lowest BCUT2D eigenvalue weighted by Crippen LogP contribution is -2.26. The number of nitrogens with zero attached hydrogens (tertiary/aromatic N) is 3. The molecule has 0 aromatic carbocycles. The van der Waals surface area contributed by atoms with Gasteiger partial charge in [0.05, 0.1) is 17.2 Å². The van der Waals surface area contributed by atoms with Crippen molar-refractivity contribution in [2.24, 2.45) is 0 Å². The lowest BCUT2D eigenvalue weighted by Gasteiger charge is -2.15. The summed E-state index contributed by atoms with van der Waals surface area (Å²) in [5, 5.41) is 11.7. The van der Waals surface area contributed by atoms with Gasteiger partial charge >= 0.3 is 5.97 Å². The van der Waals surface area contributed by atoms with E-state index in [1.807, 2.05) is 12.3 Å². The molecule has 0 saturated carbocycles. The van der Waals surface area contributed by atoms with Gasteiger partial charge in [-0.2, -0.15) is 0 Å². The molecule has 2 heterocycles. The van der Waals surface area contributed by atoms with Crippen molar-refractivity contribution in [3.8, 4) is 0 Å². The van der Waals surface area contributed by atoms with Gasteiger partial charge in [0.25, 0.3) is 5.91 Å². The van der Waals surface area contributed by atoms with E-state index in [0.717, 1.165) is 10.7 Å². The summed E-state index contributed by atoms with van der Waals surface area (Å²) in [5.41, 5.74) is 0.969. The zero-order valence-electron chi connectivity index (χ0n) is 11.0. The van der Waals surface area contributed by atoms with E-state index in [4.69, 9.17) is 5.11 Å². The van der Waals surface area contributed by atoms with Gasteiger partial charge in [0, 0.05) is 24.2 Å². The number of pyridine rings is 1. The number of carbonyl (C=O) groups is 2. The molecule has 2 aromatic heterocycles. The minimum absolute atomic E-state index is 0.145. The van der Waals surface area contributed by atoms with Crippen LogP contribution in [-0.2, 0) is 6.54 Å². The van der Waals surface area contributed by atoms with E-state index < -0.39 is 5.97 Å². The van der Waals surface area contributed by atoms with Crippen molar-refractivity contribution in [3.63, 3.8) is 0 Å². The third-order valence-corrected chi connectivity index (χ3v) is 3.46. The standard InChI is InChI=1S/C13H13N3O3S/c1-8-15-10(7-20-8)6-16(2)12(17)9-3-4-14-11(5-9)13(18)19/h3-5,7H,6H2,1-2H3,(H,18,19). The third kappa shape index (κ3) is 3.18. The summed E-state index contributed by atoms with van der Waals surface area (Å²) in [6.07, 6.45) is 1.32. The van der Waals surface area contributed by atoms with E-state index in [1.54, 1.807) is 7.05 Å². The second-order valence-corrected chi connectivity index (χ2v) is 5.32. The van der Waals surface area contributed by atoms with Crippen LogP contribution in [0.5, 0.6) is 0 Å². The fourth-order valence-corrected chi connectivity index (χ4v) is 2.30. The van der Waals surface area contributed by atoms with Crippen molar-refractivity contribution in [1.82, 2.24) is 14.9 Å². The number of hydrogen-bond acceptors (Lipinski definition) is 5. The normalized spacial score (nSPS) is 10.3. The number of aromatic carboxylic acids is 1. The van der Waals surface area contributed by atoms with Gasteiger partial charge in [0.1, 0.15) is 5.69 Å². The second-order valence-electron chi connectivity index (χ2n) is 4.25. The minimum Gasteiger partial charge on any atom is -0.477 e. The number of aryl methyl sites for hydroxylation is 1. The summed E-state index contributed by atoms with van der Waals surface area (Å²) in [6.45, 7) is 2.28. The summed E-state index contributed by atoms with van der Waals surface area (Å²) < 4.78 is 0. The maximum absolute atomic E-state index is 12.2. The van der Waals surface area contributed by atoms with Gasteiger partial charge in [0.15, 0.2) is 0 Å². The smallest absolute Gasteiger partial charge is 0.354 e. The highest BCUT2D eigenvalue weighted by Crippen LogP contribution is 2.12. The molecule has 0 atom stereocenters. The molecule has 6 nitrogen and oxygen atoms in total. The number of rotatable bonds is 4. The molecule has 2 rings (SSSR count). The lowest BCUT2D eigenvalue weighted by molar-refractivity contribution is 0.0690. The van der Waals surface area contributed by atoms with Crippen molar-refractivity contribution in [2.75, 3.05) is 7.05 Å². The molecule has 0 fully saturated rings. The molecule has 0 radical (unpaired) electrons. The molecule has 1 N–H and O–H groups in total. The number of amides is 1. The number of thiazole rings is 1. The Morgan fingerprint density at radius 1 is 1.45 bits per heavy atom. The molecule has 0 saturated heterocycles. The van der Waals surface area contributed by atoms with Crippen LogP contribution >= 0.6 is 11.3 Å². The van der Waals surface area contributed by atoms with Gasteiger partial charge in [-0.1, -0.05) is 0 Å². The zero-order valence-corrected chi connectivity index (χ0v) is 11.8. The highest BCUT2D eigenvalue weighted by atomic mass is 32.1. The Hall–Kier alpha value is -2.28. The molecule has 2 aromatic rings. The maximum Gasteiger partial charge on any atom is 0.354 e. The van der Waals surface area contributed by atoms with E-state index in [1.165, 1.54) is 34.6 Å². The fraction of sp³-hybridized carbons (Fsp3) is 0.231. The minimum atomic E-state index is -1.16. The Bertz CT molecular complexity index is 654. The number of carbonyl (C=O) groups excluding carboxylic acids is 1. The Morgan fingerprint density at radius 3 is 2.80 bits per heavy atom. The molecular formula is C13H13N3O3S. The van der Waals surface area contributed by atoms with Gasteiger partial charge in [-0.3, -0.25) is 4.79 Å². The molecule has 104 valence electrons. The highest BCUT2D eigenvalue weighted by Gasteiger charge is 2.15. The first kappa shape index (κ1) is 14.1. The SMILES string of the molecule is Cc1nc(CN(C)C(=O)c2ccnc(C(=O)O)c2)cs1. The molecule has 0 aliphatic carbocycles. The van der Waals surface area contributed by atoms with E-state index in [2.05, 4.69) is 9.97 Å². The predicted molar refractivity (Wildman–Crippen MR) is 73.8 cm³/mol. The van der Waals surface area contributed by atoms with E-state index in [-0.39, 0.29) is 11.6 Å². The number of carboxylic acids is 1. The Kier molecular flexibility index (Phi) is 4.09. The lowest BCUT2D eigenvalue weighted by atomic mass is 10.2. The predicted octanol–water partition coefficient (Wildman–Crippen LogP) is 1.82. The first-order valence-electron chi connectivity index (χ1n) is 5.83. The molecule has 0 spiro atoms. The van der Waals surface area contributed by atoms with Crippen molar-refractivity contribution in [3.05, 3.63) is 45.7 Å². The Balaban J connectivity index is 2.14. The number of hydrogen-bond donors (Lipinski definition) is 1. The summed E-state index contributed by atoms with van der Waals surface area (Å²) in [5.74, 6) is -1.42. The topological polar surface area (TPSA) is 83.4 Å². The van der Waals surface area contributed by atoms with Gasteiger partial charge < -0.3 is 10.0 Å². The van der Waals surface area contributed by atoms with Crippen LogP contribution in [0.25, 0.3) is 0 Å². The van der Waals surface area contributed by atoms with Crippen molar-refractivity contribution in [1.29, 1.82) is 0 Å². The van der Waals surface area contributed by atoms with Crippen LogP contribution in [0.4, 0.5) is 0 Å². The second kappa shape index (κ2) is 5.79. The molecular weight excluding hydrogens is 278 g/mol. The van der Waals surface area contributed by atoms with Crippen LogP contribution in [-0.4, -0.2) is 38.9 Å². The first-order chi connectivity index (χ1) is 9.47. The van der Waals surface area contributed by atoms with Crippen molar-refractivity contribution >= 4 is 23.2 Å². The molecule has 7 heteroatoms. The van der Waals surface area contributed by atoms with Gasteiger partial charge in [-0.25, -0.2) is 14.8 Å². The quantitative estimate of drug-likeness (QED) is 0.929. The molecule has 20 heavy (non-hydrogen) atoms. The van der Waals surface area contributed by atoms with Crippen LogP contribution in [0.2, 0.25) is 0 Å². The Labute approximate surface area is 119 Å². The highest BCUT2D eigenvalue weighted by molar-refractivity contribution is 7.09. The van der Waals surface area contributed by atoms with E-state index >= 15 is 0 Å². The van der Waals surface area contributed by atoms with Gasteiger partial charge in [0.2, 0.25) is 0 Å². The summed E-state index contributed by atoms with van der Waals surface area (Å²) >= 11 is 1.52. The number of carboxylic acid groups (broad SMARTS) is 1. The summed E-state index contributed by atoms with van der Waals surface area (Å²) in [6, 6.07) is 2.77. The summed E-state index contributed by atoms with van der Waals surface area (Å²) in [7, 11) is 1.65. The van der Waals surface area contributed by atoms with Crippen LogP contribution in [0.1, 0.15) is 31.5 Å². The van der Waals surface area contributed by atoms with Crippen molar-refractivity contribution in [2.45, 2.75) is 13.5 Å². The maximum atomic E-state index is 12.2. The molecule has 0 aliphatic heterocycles. The van der Waals surface area contributed by atoms with E-state index in [0.29, 0.717) is 12.1 Å². The molecule has 0 bridgehead atoms. The molecule has 0 aliphatic rings. The van der Waals surface area contributed by atoms with E-state index in [9.17, 15) is 9.59 Å². The van der Waals surface area contributed by atoms with Crippen LogP contribution in [0, 0.1) is 6.92 Å². The largest absolute Gasteiger partial charge is 0.477 e. The van der Waals surface area contributed by atoms with Crippen LogP contribution < -0.4 is 0 Å².